The van der Waals surface area contributed by atoms with Crippen molar-refractivity contribution in [2.45, 2.75) is 26.2 Å². The maximum atomic E-state index is 10.7. The SMILES string of the molecule is Cc1ccsc1/C=C(\CCCC(=O)[O-])c1nc2ccccc2s1. The van der Waals surface area contributed by atoms with Gasteiger partial charge in [-0.1, -0.05) is 12.1 Å². The molecule has 0 aliphatic carbocycles. The fourth-order valence-corrected chi connectivity index (χ4v) is 4.26. The van der Waals surface area contributed by atoms with Gasteiger partial charge in [0.25, 0.3) is 0 Å². The van der Waals surface area contributed by atoms with Crippen molar-refractivity contribution in [3.63, 3.8) is 0 Å². The zero-order valence-corrected chi connectivity index (χ0v) is 14.4. The zero-order chi connectivity index (χ0) is 16.2. The van der Waals surface area contributed by atoms with E-state index in [2.05, 4.69) is 30.5 Å². The molecule has 3 aromatic rings. The number of carboxylic acid groups (broad SMARTS) is 1. The quantitative estimate of drug-likeness (QED) is 0.677. The second kappa shape index (κ2) is 7.06. The van der Waals surface area contributed by atoms with E-state index in [1.54, 1.807) is 22.7 Å². The van der Waals surface area contributed by atoms with Crippen molar-refractivity contribution in [1.82, 2.24) is 4.98 Å². The Hall–Kier alpha value is -1.98. The standard InChI is InChI=1S/C18H17NO2S2/c1-12-9-10-22-16(12)11-13(5-4-8-17(20)21)18-19-14-6-2-3-7-15(14)23-18/h2-3,6-7,9-11H,4-5,8H2,1H3,(H,20,21)/p-1/b13-11+. The lowest BCUT2D eigenvalue weighted by atomic mass is 10.1. The number of thiophene rings is 1. The first-order valence-corrected chi connectivity index (χ1v) is 9.13. The highest BCUT2D eigenvalue weighted by molar-refractivity contribution is 7.19. The van der Waals surface area contributed by atoms with Crippen LogP contribution in [0.1, 0.15) is 34.7 Å². The molecule has 5 heteroatoms. The first kappa shape index (κ1) is 15.9. The fourth-order valence-electron chi connectivity index (χ4n) is 2.36. The highest BCUT2D eigenvalue weighted by Crippen LogP contribution is 2.32. The first-order chi connectivity index (χ1) is 11.1. The smallest absolute Gasteiger partial charge is 0.120 e. The molecule has 0 atom stereocenters. The van der Waals surface area contributed by atoms with Crippen LogP contribution in [0.4, 0.5) is 0 Å². The summed E-state index contributed by atoms with van der Waals surface area (Å²) in [6.45, 7) is 2.08. The molecular weight excluding hydrogens is 326 g/mol. The van der Waals surface area contributed by atoms with Crippen molar-refractivity contribution in [1.29, 1.82) is 0 Å². The fraction of sp³-hybridized carbons (Fsp3) is 0.222. The summed E-state index contributed by atoms with van der Waals surface area (Å²) < 4.78 is 1.15. The Morgan fingerprint density at radius 1 is 1.26 bits per heavy atom. The molecule has 2 heterocycles. The van der Waals surface area contributed by atoms with Gasteiger partial charge in [0, 0.05) is 10.8 Å². The molecule has 0 amide bonds. The number of benzene rings is 1. The maximum absolute atomic E-state index is 10.7. The predicted molar refractivity (Wildman–Crippen MR) is 95.4 cm³/mol. The van der Waals surface area contributed by atoms with Crippen molar-refractivity contribution in [2.24, 2.45) is 0 Å². The van der Waals surface area contributed by atoms with E-state index in [4.69, 9.17) is 4.98 Å². The predicted octanol–water partition coefficient (Wildman–Crippen LogP) is 4.13. The van der Waals surface area contributed by atoms with Gasteiger partial charge in [0.15, 0.2) is 0 Å². The molecule has 0 N–H and O–H groups in total. The molecule has 0 radical (unpaired) electrons. The average Bonchev–Trinajstić information content (AvgIpc) is 3.12. The second-order valence-corrected chi connectivity index (χ2v) is 7.33. The van der Waals surface area contributed by atoms with Crippen molar-refractivity contribution in [2.75, 3.05) is 0 Å². The van der Waals surface area contributed by atoms with Crippen LogP contribution in [-0.2, 0) is 4.79 Å². The lowest BCUT2D eigenvalue weighted by molar-refractivity contribution is -0.305. The van der Waals surface area contributed by atoms with E-state index in [0.717, 1.165) is 20.8 Å². The number of aryl methyl sites for hydroxylation is 1. The number of hydrogen-bond acceptors (Lipinski definition) is 5. The van der Waals surface area contributed by atoms with Gasteiger partial charge in [0.05, 0.1) is 10.2 Å². The molecule has 1 aromatic carbocycles. The Morgan fingerprint density at radius 2 is 2.09 bits per heavy atom. The molecule has 0 aliphatic rings. The molecule has 0 spiro atoms. The summed E-state index contributed by atoms with van der Waals surface area (Å²) in [6, 6.07) is 10.1. The number of rotatable bonds is 6. The summed E-state index contributed by atoms with van der Waals surface area (Å²) >= 11 is 3.35. The minimum atomic E-state index is -0.999. The Bertz CT molecular complexity index is 828. The number of carbonyl (C=O) groups excluding carboxylic acids is 1. The molecule has 0 aliphatic heterocycles. The number of carboxylic acids is 1. The Morgan fingerprint density at radius 3 is 2.78 bits per heavy atom. The number of aromatic nitrogens is 1. The molecule has 3 nitrogen and oxygen atoms in total. The summed E-state index contributed by atoms with van der Waals surface area (Å²) in [5.41, 5.74) is 3.31. The Kier molecular flexibility index (Phi) is 4.88. The van der Waals surface area contributed by atoms with Gasteiger partial charge in [-0.25, -0.2) is 4.98 Å². The van der Waals surface area contributed by atoms with Gasteiger partial charge in [0.1, 0.15) is 5.01 Å². The van der Waals surface area contributed by atoms with Crippen molar-refractivity contribution in [3.8, 4) is 0 Å². The highest BCUT2D eigenvalue weighted by atomic mass is 32.1. The lowest BCUT2D eigenvalue weighted by Gasteiger charge is -2.05. The summed E-state index contributed by atoms with van der Waals surface area (Å²) in [6.07, 6.45) is 3.47. The van der Waals surface area contributed by atoms with E-state index in [1.165, 1.54) is 10.4 Å². The minimum absolute atomic E-state index is 0.0751. The van der Waals surface area contributed by atoms with E-state index in [9.17, 15) is 9.90 Å². The molecule has 0 saturated carbocycles. The Balaban J connectivity index is 1.95. The average molecular weight is 342 g/mol. The van der Waals surface area contributed by atoms with E-state index in [1.807, 2.05) is 18.2 Å². The third kappa shape index (κ3) is 3.86. The number of allylic oxidation sites excluding steroid dienone is 1. The van der Waals surface area contributed by atoms with Crippen LogP contribution in [0.25, 0.3) is 21.9 Å². The summed E-state index contributed by atoms with van der Waals surface area (Å²) in [4.78, 5) is 16.6. The molecule has 0 fully saturated rings. The summed E-state index contributed by atoms with van der Waals surface area (Å²) in [5, 5.41) is 13.7. The van der Waals surface area contributed by atoms with Crippen LogP contribution >= 0.6 is 22.7 Å². The normalized spacial score (nSPS) is 12.0. The number of fused-ring (bicyclic) bond motifs is 1. The van der Waals surface area contributed by atoms with E-state index in [0.29, 0.717) is 12.8 Å². The van der Waals surface area contributed by atoms with Gasteiger partial charge in [-0.3, -0.25) is 0 Å². The molecule has 0 bridgehead atoms. The number of thiazole rings is 1. The van der Waals surface area contributed by atoms with Crippen molar-refractivity contribution in [3.05, 3.63) is 51.2 Å². The van der Waals surface area contributed by atoms with Crippen molar-refractivity contribution >= 4 is 50.5 Å². The van der Waals surface area contributed by atoms with Gasteiger partial charge in [-0.15, -0.1) is 22.7 Å². The van der Waals surface area contributed by atoms with Crippen LogP contribution in [0.2, 0.25) is 0 Å². The molecule has 0 saturated heterocycles. The molecule has 118 valence electrons. The van der Waals surface area contributed by atoms with Crippen LogP contribution in [0, 0.1) is 6.92 Å². The molecule has 0 unspecified atom stereocenters. The third-order valence-corrected chi connectivity index (χ3v) is 5.68. The molecule has 3 rings (SSSR count). The number of carbonyl (C=O) groups is 1. The van der Waals surface area contributed by atoms with Crippen LogP contribution < -0.4 is 5.11 Å². The molecule has 2 aromatic heterocycles. The van der Waals surface area contributed by atoms with Gasteiger partial charge >= 0.3 is 0 Å². The van der Waals surface area contributed by atoms with Crippen LogP contribution in [0.5, 0.6) is 0 Å². The summed E-state index contributed by atoms with van der Waals surface area (Å²) in [5.74, 6) is -0.999. The maximum Gasteiger partial charge on any atom is 0.120 e. The van der Waals surface area contributed by atoms with Gasteiger partial charge < -0.3 is 9.90 Å². The topological polar surface area (TPSA) is 53.0 Å². The second-order valence-electron chi connectivity index (χ2n) is 5.35. The minimum Gasteiger partial charge on any atom is -0.550 e. The Labute approximate surface area is 142 Å². The number of para-hydroxylation sites is 1. The number of aliphatic carboxylic acids is 1. The largest absolute Gasteiger partial charge is 0.550 e. The van der Waals surface area contributed by atoms with Crippen LogP contribution in [0.15, 0.2) is 35.7 Å². The van der Waals surface area contributed by atoms with Crippen LogP contribution in [0.3, 0.4) is 0 Å². The lowest BCUT2D eigenvalue weighted by Crippen LogP contribution is -2.21. The van der Waals surface area contributed by atoms with E-state index in [-0.39, 0.29) is 6.42 Å². The number of nitrogens with zero attached hydrogens (tertiary/aromatic N) is 1. The zero-order valence-electron chi connectivity index (χ0n) is 12.7. The highest BCUT2D eigenvalue weighted by Gasteiger charge is 2.10. The first-order valence-electron chi connectivity index (χ1n) is 7.44. The van der Waals surface area contributed by atoms with Gasteiger partial charge in [0.2, 0.25) is 0 Å². The monoisotopic (exact) mass is 342 g/mol. The van der Waals surface area contributed by atoms with Gasteiger partial charge in [-0.2, -0.15) is 0 Å². The molecule has 23 heavy (non-hydrogen) atoms. The molecular formula is C18H16NO2S2-. The van der Waals surface area contributed by atoms with Crippen LogP contribution in [-0.4, -0.2) is 11.0 Å². The van der Waals surface area contributed by atoms with E-state index >= 15 is 0 Å². The van der Waals surface area contributed by atoms with Crippen molar-refractivity contribution < 1.29 is 9.90 Å². The summed E-state index contributed by atoms with van der Waals surface area (Å²) in [7, 11) is 0. The third-order valence-electron chi connectivity index (χ3n) is 3.60. The van der Waals surface area contributed by atoms with Gasteiger partial charge in [-0.05, 0) is 67.0 Å². The van der Waals surface area contributed by atoms with E-state index < -0.39 is 5.97 Å². The number of hydrogen-bond donors (Lipinski definition) is 0.